The van der Waals surface area contributed by atoms with Crippen molar-refractivity contribution < 1.29 is 14.3 Å². The minimum atomic E-state index is -0.430. The molecule has 26 heavy (non-hydrogen) atoms. The lowest BCUT2D eigenvalue weighted by molar-refractivity contribution is 0.0601. The predicted octanol–water partition coefficient (Wildman–Crippen LogP) is 2.29. The Morgan fingerprint density at radius 3 is 2.69 bits per heavy atom. The van der Waals surface area contributed by atoms with Crippen LogP contribution >= 0.6 is 0 Å². The molecule has 0 aliphatic heterocycles. The van der Waals surface area contributed by atoms with Crippen LogP contribution < -0.4 is 10.6 Å². The number of nitrogens with zero attached hydrogens (tertiary/aromatic N) is 2. The summed E-state index contributed by atoms with van der Waals surface area (Å²) in [6, 6.07) is 10.4. The molecule has 1 amide bonds. The third-order valence-corrected chi connectivity index (χ3v) is 3.67. The van der Waals surface area contributed by atoms with Crippen LogP contribution in [-0.4, -0.2) is 56.1 Å². The van der Waals surface area contributed by atoms with Crippen LogP contribution in [-0.2, 0) is 4.74 Å². The average Bonchev–Trinajstić information content (AvgIpc) is 2.65. The zero-order valence-corrected chi connectivity index (χ0v) is 15.3. The van der Waals surface area contributed by atoms with Gasteiger partial charge >= 0.3 is 5.97 Å². The molecule has 0 bridgehead atoms. The molecule has 2 rings (SSSR count). The predicted molar refractivity (Wildman–Crippen MR) is 101 cm³/mol. The lowest BCUT2D eigenvalue weighted by Crippen LogP contribution is -2.27. The molecule has 1 heterocycles. The molecule has 0 radical (unpaired) electrons. The second-order valence-corrected chi connectivity index (χ2v) is 6.00. The molecule has 0 saturated carbocycles. The zero-order chi connectivity index (χ0) is 18.9. The highest BCUT2D eigenvalue weighted by molar-refractivity contribution is 5.97. The molecular weight excluding hydrogens is 332 g/mol. The van der Waals surface area contributed by atoms with E-state index >= 15 is 0 Å². The zero-order valence-electron chi connectivity index (χ0n) is 15.3. The fraction of sp³-hybridized carbons (Fsp3) is 0.316. The Balaban J connectivity index is 2.06. The van der Waals surface area contributed by atoms with Gasteiger partial charge in [-0.05, 0) is 51.3 Å². The van der Waals surface area contributed by atoms with Gasteiger partial charge in [-0.25, -0.2) is 4.79 Å². The summed E-state index contributed by atoms with van der Waals surface area (Å²) in [6.45, 7) is 1.49. The van der Waals surface area contributed by atoms with Gasteiger partial charge < -0.3 is 20.3 Å². The van der Waals surface area contributed by atoms with Crippen molar-refractivity contribution in [1.29, 1.82) is 0 Å². The van der Waals surface area contributed by atoms with Crippen LogP contribution in [0.15, 0.2) is 42.6 Å². The van der Waals surface area contributed by atoms with Crippen LogP contribution in [0.1, 0.15) is 27.3 Å². The average molecular weight is 356 g/mol. The number of ether oxygens (including phenoxy) is 1. The Bertz CT molecular complexity index is 762. The summed E-state index contributed by atoms with van der Waals surface area (Å²) in [6.07, 6.45) is 2.42. The lowest BCUT2D eigenvalue weighted by Gasteiger charge is -2.12. The van der Waals surface area contributed by atoms with Gasteiger partial charge in [-0.3, -0.25) is 9.78 Å². The van der Waals surface area contributed by atoms with Crippen molar-refractivity contribution in [3.05, 3.63) is 53.9 Å². The Labute approximate surface area is 153 Å². The summed E-state index contributed by atoms with van der Waals surface area (Å²) in [5, 5.41) is 5.99. The van der Waals surface area contributed by atoms with E-state index in [9.17, 15) is 9.59 Å². The Morgan fingerprint density at radius 1 is 1.19 bits per heavy atom. The number of nitrogens with one attached hydrogen (secondary N) is 2. The molecule has 1 aromatic carbocycles. The highest BCUT2D eigenvalue weighted by Gasteiger charge is 2.12. The third-order valence-electron chi connectivity index (χ3n) is 3.67. The molecule has 7 heteroatoms. The van der Waals surface area contributed by atoms with E-state index in [0.717, 1.165) is 13.0 Å². The maximum absolute atomic E-state index is 12.2. The minimum absolute atomic E-state index is 0.228. The summed E-state index contributed by atoms with van der Waals surface area (Å²) in [5.74, 6) is -0.658. The van der Waals surface area contributed by atoms with Gasteiger partial charge in [0.1, 0.15) is 5.69 Å². The smallest absolute Gasteiger partial charge is 0.339 e. The standard InChI is InChI=1S/C19H24N4O3/c1-23(2)12-6-10-21-18(24)17-13-14(9-11-20-17)22-16-8-5-4-7-15(16)19(25)26-3/h4-5,7-9,11,13H,6,10,12H2,1-3H3,(H,20,22)(H,21,24). The number of hydrogen-bond acceptors (Lipinski definition) is 6. The molecule has 0 atom stereocenters. The van der Waals surface area contributed by atoms with E-state index in [2.05, 4.69) is 20.5 Å². The fourth-order valence-electron chi connectivity index (χ4n) is 2.36. The summed E-state index contributed by atoms with van der Waals surface area (Å²) >= 11 is 0. The largest absolute Gasteiger partial charge is 0.465 e. The van der Waals surface area contributed by atoms with Crippen molar-refractivity contribution in [3.63, 3.8) is 0 Å². The molecule has 0 aliphatic carbocycles. The van der Waals surface area contributed by atoms with Crippen molar-refractivity contribution in [2.75, 3.05) is 39.6 Å². The number of methoxy groups -OCH3 is 1. The normalized spacial score (nSPS) is 10.5. The molecule has 0 fully saturated rings. The Morgan fingerprint density at radius 2 is 1.96 bits per heavy atom. The number of hydrogen-bond donors (Lipinski definition) is 2. The van der Waals surface area contributed by atoms with Gasteiger partial charge in [-0.2, -0.15) is 0 Å². The topological polar surface area (TPSA) is 83.6 Å². The van der Waals surface area contributed by atoms with Gasteiger partial charge in [0.05, 0.1) is 18.4 Å². The van der Waals surface area contributed by atoms with Crippen LogP contribution in [0.2, 0.25) is 0 Å². The van der Waals surface area contributed by atoms with E-state index in [-0.39, 0.29) is 5.91 Å². The molecule has 0 saturated heterocycles. The number of anilines is 2. The lowest BCUT2D eigenvalue weighted by atomic mass is 10.1. The first kappa shape index (κ1) is 19.4. The van der Waals surface area contributed by atoms with Crippen LogP contribution in [0.4, 0.5) is 11.4 Å². The quantitative estimate of drug-likeness (QED) is 0.558. The maximum Gasteiger partial charge on any atom is 0.339 e. The molecule has 0 aliphatic rings. The van der Waals surface area contributed by atoms with Crippen molar-refractivity contribution >= 4 is 23.3 Å². The fourth-order valence-corrected chi connectivity index (χ4v) is 2.36. The van der Waals surface area contributed by atoms with E-state index in [1.54, 1.807) is 36.5 Å². The first-order valence-corrected chi connectivity index (χ1v) is 8.34. The highest BCUT2D eigenvalue weighted by atomic mass is 16.5. The number of aromatic nitrogens is 1. The number of esters is 1. The number of rotatable bonds is 8. The molecule has 2 aromatic rings. The summed E-state index contributed by atoms with van der Waals surface area (Å²) in [5.41, 5.74) is 1.99. The van der Waals surface area contributed by atoms with Gasteiger partial charge in [0.15, 0.2) is 0 Å². The van der Waals surface area contributed by atoms with E-state index in [4.69, 9.17) is 4.74 Å². The SMILES string of the molecule is COC(=O)c1ccccc1Nc1ccnc(C(=O)NCCCN(C)C)c1. The van der Waals surface area contributed by atoms with E-state index in [1.807, 2.05) is 20.2 Å². The number of amides is 1. The second kappa shape index (κ2) is 9.53. The summed E-state index contributed by atoms with van der Waals surface area (Å²) in [7, 11) is 5.32. The van der Waals surface area contributed by atoms with Crippen molar-refractivity contribution in [3.8, 4) is 0 Å². The first-order valence-electron chi connectivity index (χ1n) is 8.34. The monoisotopic (exact) mass is 356 g/mol. The molecular formula is C19H24N4O3. The van der Waals surface area contributed by atoms with Crippen molar-refractivity contribution in [2.45, 2.75) is 6.42 Å². The number of benzene rings is 1. The number of pyridine rings is 1. The third kappa shape index (κ3) is 5.56. The van der Waals surface area contributed by atoms with Crippen molar-refractivity contribution in [1.82, 2.24) is 15.2 Å². The number of carbonyl (C=O) groups excluding carboxylic acids is 2. The molecule has 7 nitrogen and oxygen atoms in total. The van der Waals surface area contributed by atoms with E-state index in [1.165, 1.54) is 7.11 Å². The minimum Gasteiger partial charge on any atom is -0.465 e. The molecule has 1 aromatic heterocycles. The number of carbonyl (C=O) groups is 2. The second-order valence-electron chi connectivity index (χ2n) is 6.00. The summed E-state index contributed by atoms with van der Waals surface area (Å²) < 4.78 is 4.79. The molecule has 2 N–H and O–H groups in total. The van der Waals surface area contributed by atoms with E-state index in [0.29, 0.717) is 29.2 Å². The van der Waals surface area contributed by atoms with E-state index < -0.39 is 5.97 Å². The van der Waals surface area contributed by atoms with Crippen LogP contribution in [0.3, 0.4) is 0 Å². The van der Waals surface area contributed by atoms with Crippen molar-refractivity contribution in [2.24, 2.45) is 0 Å². The van der Waals surface area contributed by atoms with Gasteiger partial charge in [0.25, 0.3) is 5.91 Å². The molecule has 138 valence electrons. The van der Waals surface area contributed by atoms with Gasteiger partial charge in [-0.1, -0.05) is 12.1 Å². The summed E-state index contributed by atoms with van der Waals surface area (Å²) in [4.78, 5) is 30.3. The maximum atomic E-state index is 12.2. The number of para-hydroxylation sites is 1. The van der Waals surface area contributed by atoms with Gasteiger partial charge in [0.2, 0.25) is 0 Å². The van der Waals surface area contributed by atoms with Crippen LogP contribution in [0, 0.1) is 0 Å². The highest BCUT2D eigenvalue weighted by Crippen LogP contribution is 2.21. The molecule has 0 unspecified atom stereocenters. The van der Waals surface area contributed by atoms with Crippen LogP contribution in [0.25, 0.3) is 0 Å². The molecule has 0 spiro atoms. The first-order chi connectivity index (χ1) is 12.5. The van der Waals surface area contributed by atoms with Gasteiger partial charge in [-0.15, -0.1) is 0 Å². The Hall–Kier alpha value is -2.93. The van der Waals surface area contributed by atoms with Crippen LogP contribution in [0.5, 0.6) is 0 Å². The Kier molecular flexibility index (Phi) is 7.11. The van der Waals surface area contributed by atoms with Gasteiger partial charge in [0, 0.05) is 18.4 Å².